The van der Waals surface area contributed by atoms with Gasteiger partial charge >= 0.3 is 0 Å². The highest BCUT2D eigenvalue weighted by atomic mass is 127. The predicted octanol–water partition coefficient (Wildman–Crippen LogP) is 2.82. The minimum Gasteiger partial charge on any atom is -0.395 e. The van der Waals surface area contributed by atoms with Crippen molar-refractivity contribution in [3.63, 3.8) is 0 Å². The molecule has 0 saturated heterocycles. The van der Waals surface area contributed by atoms with E-state index >= 15 is 0 Å². The molecule has 5 nitrogen and oxygen atoms in total. The van der Waals surface area contributed by atoms with Crippen molar-refractivity contribution >= 4 is 52.1 Å². The van der Waals surface area contributed by atoms with Crippen LogP contribution in [0.4, 0.5) is 0 Å². The molecule has 0 aliphatic heterocycles. The molecule has 0 atom stereocenters. The van der Waals surface area contributed by atoms with Crippen LogP contribution in [0, 0.1) is 3.57 Å². The molecule has 7 heteroatoms. The minimum atomic E-state index is -0.483. The summed E-state index contributed by atoms with van der Waals surface area (Å²) in [7, 11) is 0. The smallest absolute Gasteiger partial charge is 0.267 e. The van der Waals surface area contributed by atoms with E-state index in [1.807, 2.05) is 12.1 Å². The van der Waals surface area contributed by atoms with Gasteiger partial charge in [-0.15, -0.1) is 0 Å². The van der Waals surface area contributed by atoms with Gasteiger partial charge in [0.1, 0.15) is 5.70 Å². The Balaban J connectivity index is 2.28. The van der Waals surface area contributed by atoms with Gasteiger partial charge in [0.2, 0.25) is 0 Å². The summed E-state index contributed by atoms with van der Waals surface area (Å²) in [5, 5.41) is 14.6. The maximum Gasteiger partial charge on any atom is 0.267 e. The molecule has 0 radical (unpaired) electrons. The van der Waals surface area contributed by atoms with Crippen LogP contribution in [0.5, 0.6) is 0 Å². The van der Waals surface area contributed by atoms with Gasteiger partial charge < -0.3 is 15.7 Å². The van der Waals surface area contributed by atoms with Gasteiger partial charge in [0.25, 0.3) is 11.8 Å². The van der Waals surface area contributed by atoms with Gasteiger partial charge in [-0.2, -0.15) is 0 Å². The molecule has 0 aromatic heterocycles. The second kappa shape index (κ2) is 9.55. The SMILES string of the molecule is O=C(NCCO)C(=Cc1ccc(Cl)cc1)NC(=O)c1ccccc1I. The molecule has 0 unspecified atom stereocenters. The van der Waals surface area contributed by atoms with Crippen molar-refractivity contribution in [3.8, 4) is 0 Å². The number of hydrogen-bond donors (Lipinski definition) is 3. The summed E-state index contributed by atoms with van der Waals surface area (Å²) in [6, 6.07) is 13.9. The Hall–Kier alpha value is -1.90. The Morgan fingerprint density at radius 3 is 2.44 bits per heavy atom. The standard InChI is InChI=1S/C18H16ClIN2O3/c19-13-7-5-12(6-8-13)11-16(18(25)21-9-10-23)22-17(24)14-3-1-2-4-15(14)20/h1-8,11,23H,9-10H2,(H,21,25)(H,22,24). The fraction of sp³-hybridized carbons (Fsp3) is 0.111. The zero-order valence-electron chi connectivity index (χ0n) is 13.1. The van der Waals surface area contributed by atoms with E-state index in [0.29, 0.717) is 16.1 Å². The van der Waals surface area contributed by atoms with E-state index < -0.39 is 5.91 Å². The van der Waals surface area contributed by atoms with Gasteiger partial charge in [0, 0.05) is 15.1 Å². The number of aliphatic hydroxyl groups excluding tert-OH is 1. The highest BCUT2D eigenvalue weighted by molar-refractivity contribution is 14.1. The number of halogens is 2. The highest BCUT2D eigenvalue weighted by Gasteiger charge is 2.16. The third-order valence-corrected chi connectivity index (χ3v) is 4.38. The molecule has 0 fully saturated rings. The van der Waals surface area contributed by atoms with E-state index in [4.69, 9.17) is 16.7 Å². The number of benzene rings is 2. The van der Waals surface area contributed by atoms with Crippen molar-refractivity contribution in [1.82, 2.24) is 10.6 Å². The number of hydrogen-bond acceptors (Lipinski definition) is 3. The van der Waals surface area contributed by atoms with Crippen LogP contribution in [0.15, 0.2) is 54.2 Å². The van der Waals surface area contributed by atoms with Crippen LogP contribution in [-0.4, -0.2) is 30.1 Å². The predicted molar refractivity (Wildman–Crippen MR) is 106 cm³/mol. The van der Waals surface area contributed by atoms with Crippen LogP contribution in [0.25, 0.3) is 6.08 Å². The molecule has 0 bridgehead atoms. The third kappa shape index (κ3) is 5.84. The molecule has 0 aliphatic carbocycles. The zero-order valence-corrected chi connectivity index (χ0v) is 16.0. The van der Waals surface area contributed by atoms with E-state index in [-0.39, 0.29) is 24.8 Å². The lowest BCUT2D eigenvalue weighted by Gasteiger charge is -2.11. The maximum atomic E-state index is 12.5. The Labute approximate surface area is 164 Å². The first-order chi connectivity index (χ1) is 12.0. The largest absolute Gasteiger partial charge is 0.395 e. The van der Waals surface area contributed by atoms with Crippen molar-refractivity contribution in [2.24, 2.45) is 0 Å². The number of carbonyl (C=O) groups is 2. The van der Waals surface area contributed by atoms with Crippen molar-refractivity contribution in [2.45, 2.75) is 0 Å². The lowest BCUT2D eigenvalue weighted by atomic mass is 10.1. The quantitative estimate of drug-likeness (QED) is 0.449. The van der Waals surface area contributed by atoms with Gasteiger partial charge in [0.15, 0.2) is 0 Å². The van der Waals surface area contributed by atoms with Crippen molar-refractivity contribution in [1.29, 1.82) is 0 Å². The zero-order chi connectivity index (χ0) is 18.2. The minimum absolute atomic E-state index is 0.0837. The summed E-state index contributed by atoms with van der Waals surface area (Å²) >= 11 is 7.92. The Morgan fingerprint density at radius 2 is 1.80 bits per heavy atom. The Bertz CT molecular complexity index is 791. The van der Waals surface area contributed by atoms with Crippen LogP contribution < -0.4 is 10.6 Å². The van der Waals surface area contributed by atoms with Crippen molar-refractivity contribution in [3.05, 3.63) is 73.9 Å². The van der Waals surface area contributed by atoms with Crippen LogP contribution >= 0.6 is 34.2 Å². The summed E-state index contributed by atoms with van der Waals surface area (Å²) in [5.41, 5.74) is 1.27. The molecule has 0 saturated carbocycles. The average Bonchev–Trinajstić information content (AvgIpc) is 2.61. The first-order valence-electron chi connectivity index (χ1n) is 7.43. The number of rotatable bonds is 6. The molecule has 130 valence electrons. The molecule has 25 heavy (non-hydrogen) atoms. The highest BCUT2D eigenvalue weighted by Crippen LogP contribution is 2.14. The third-order valence-electron chi connectivity index (χ3n) is 3.19. The van der Waals surface area contributed by atoms with E-state index in [1.165, 1.54) is 0 Å². The molecule has 2 rings (SSSR count). The summed E-state index contributed by atoms with van der Waals surface area (Å²) in [6.07, 6.45) is 1.55. The van der Waals surface area contributed by atoms with Gasteiger partial charge in [0.05, 0.1) is 12.2 Å². The maximum absolute atomic E-state index is 12.5. The average molecular weight is 471 g/mol. The number of nitrogens with one attached hydrogen (secondary N) is 2. The van der Waals surface area contributed by atoms with E-state index in [1.54, 1.807) is 42.5 Å². The van der Waals surface area contributed by atoms with Crippen LogP contribution in [-0.2, 0) is 4.79 Å². The Morgan fingerprint density at radius 1 is 1.12 bits per heavy atom. The lowest BCUT2D eigenvalue weighted by molar-refractivity contribution is -0.117. The van der Waals surface area contributed by atoms with E-state index in [2.05, 4.69) is 33.2 Å². The first kappa shape index (κ1) is 19.4. The second-order valence-electron chi connectivity index (χ2n) is 5.02. The Kier molecular flexibility index (Phi) is 7.42. The number of amides is 2. The molecular formula is C18H16ClIN2O3. The molecular weight excluding hydrogens is 455 g/mol. The van der Waals surface area contributed by atoms with Gasteiger partial charge in [-0.25, -0.2) is 0 Å². The van der Waals surface area contributed by atoms with Crippen molar-refractivity contribution < 1.29 is 14.7 Å². The number of carbonyl (C=O) groups excluding carboxylic acids is 2. The van der Waals surface area contributed by atoms with Gasteiger partial charge in [-0.3, -0.25) is 9.59 Å². The fourth-order valence-corrected chi connectivity index (χ4v) is 2.74. The lowest BCUT2D eigenvalue weighted by Crippen LogP contribution is -2.36. The van der Waals surface area contributed by atoms with Gasteiger partial charge in [-0.1, -0.05) is 35.9 Å². The van der Waals surface area contributed by atoms with Gasteiger partial charge in [-0.05, 0) is 58.5 Å². The fourth-order valence-electron chi connectivity index (χ4n) is 1.98. The monoisotopic (exact) mass is 470 g/mol. The van der Waals surface area contributed by atoms with Crippen LogP contribution in [0.3, 0.4) is 0 Å². The summed E-state index contributed by atoms with van der Waals surface area (Å²) in [6.45, 7) is -0.0972. The second-order valence-corrected chi connectivity index (χ2v) is 6.62. The summed E-state index contributed by atoms with van der Waals surface area (Å²) in [4.78, 5) is 24.8. The summed E-state index contributed by atoms with van der Waals surface area (Å²) in [5.74, 6) is -0.868. The molecule has 2 aromatic rings. The molecule has 2 amide bonds. The first-order valence-corrected chi connectivity index (χ1v) is 8.89. The van der Waals surface area contributed by atoms with Crippen LogP contribution in [0.1, 0.15) is 15.9 Å². The summed E-state index contributed by atoms with van der Waals surface area (Å²) < 4.78 is 0.777. The topological polar surface area (TPSA) is 78.4 Å². The van der Waals surface area contributed by atoms with E-state index in [9.17, 15) is 9.59 Å². The van der Waals surface area contributed by atoms with Crippen LogP contribution in [0.2, 0.25) is 5.02 Å². The molecule has 2 aromatic carbocycles. The molecule has 0 heterocycles. The normalized spacial score (nSPS) is 11.1. The van der Waals surface area contributed by atoms with E-state index in [0.717, 1.165) is 3.57 Å². The van der Waals surface area contributed by atoms with Crippen molar-refractivity contribution in [2.75, 3.05) is 13.2 Å². The molecule has 3 N–H and O–H groups in total. The molecule has 0 aliphatic rings. The molecule has 0 spiro atoms. The number of aliphatic hydroxyl groups is 1.